The zero-order valence-electron chi connectivity index (χ0n) is 13.7. The smallest absolute Gasteiger partial charge is 0.237 e. The molecule has 7 heteroatoms. The minimum atomic E-state index is -3.36. The number of hydrogen-bond donors (Lipinski definition) is 0. The first-order valence-electron chi connectivity index (χ1n) is 7.43. The van der Waals surface area contributed by atoms with E-state index < -0.39 is 20.0 Å². The van der Waals surface area contributed by atoms with Gasteiger partial charge in [0.25, 0.3) is 0 Å². The van der Waals surface area contributed by atoms with Crippen molar-refractivity contribution in [1.29, 1.82) is 0 Å². The lowest BCUT2D eigenvalue weighted by atomic mass is 9.77. The summed E-state index contributed by atoms with van der Waals surface area (Å²) in [6.45, 7) is 5.72. The Kier molecular flexibility index (Phi) is 3.51. The predicted octanol–water partition coefficient (Wildman–Crippen LogP) is 2.44. The number of rotatable bonds is 3. The third-order valence-electron chi connectivity index (χ3n) is 4.70. The molecule has 124 valence electrons. The standard InChI is InChI=1S/C16H20N2O4S/c1-15(2,23(4,19)20)13-17-14(22-18-13)16(3)9-10-21-12-8-6-5-7-11(12)16/h5-8H,9-10H2,1-4H3. The number of fused-ring (bicyclic) bond motifs is 1. The van der Waals surface area contributed by atoms with Crippen molar-refractivity contribution in [3.63, 3.8) is 0 Å². The lowest BCUT2D eigenvalue weighted by Gasteiger charge is -2.32. The number of ether oxygens (including phenoxy) is 1. The summed E-state index contributed by atoms with van der Waals surface area (Å²) in [5.74, 6) is 1.39. The first-order chi connectivity index (χ1) is 10.7. The first-order valence-corrected chi connectivity index (χ1v) is 9.32. The highest BCUT2D eigenvalue weighted by Crippen LogP contribution is 2.43. The summed E-state index contributed by atoms with van der Waals surface area (Å²) in [7, 11) is -3.36. The highest BCUT2D eigenvalue weighted by Gasteiger charge is 2.43. The molecule has 0 N–H and O–H groups in total. The van der Waals surface area contributed by atoms with Gasteiger partial charge >= 0.3 is 0 Å². The molecule has 0 spiro atoms. The van der Waals surface area contributed by atoms with Gasteiger partial charge in [0, 0.05) is 11.8 Å². The van der Waals surface area contributed by atoms with Crippen molar-refractivity contribution in [2.24, 2.45) is 0 Å². The van der Waals surface area contributed by atoms with Crippen LogP contribution in [0, 0.1) is 0 Å². The second-order valence-electron chi connectivity index (χ2n) is 6.63. The van der Waals surface area contributed by atoms with Crippen LogP contribution in [0.15, 0.2) is 28.8 Å². The van der Waals surface area contributed by atoms with Gasteiger partial charge in [-0.15, -0.1) is 0 Å². The van der Waals surface area contributed by atoms with Crippen molar-refractivity contribution in [3.05, 3.63) is 41.5 Å². The summed E-state index contributed by atoms with van der Waals surface area (Å²) in [6.07, 6.45) is 1.86. The molecule has 0 fully saturated rings. The summed E-state index contributed by atoms with van der Waals surface area (Å²) in [6, 6.07) is 7.73. The Balaban J connectivity index is 2.08. The molecule has 1 unspecified atom stereocenters. The maximum absolute atomic E-state index is 12.0. The Morgan fingerprint density at radius 3 is 2.65 bits per heavy atom. The summed E-state index contributed by atoms with van der Waals surface area (Å²) >= 11 is 0. The van der Waals surface area contributed by atoms with E-state index in [0.717, 1.165) is 11.3 Å². The number of hydrogen-bond acceptors (Lipinski definition) is 6. The molecule has 0 amide bonds. The number of aromatic nitrogens is 2. The Labute approximate surface area is 135 Å². The van der Waals surface area contributed by atoms with Crippen LogP contribution < -0.4 is 4.74 Å². The fourth-order valence-corrected chi connectivity index (χ4v) is 3.04. The van der Waals surface area contributed by atoms with Gasteiger partial charge in [-0.2, -0.15) is 4.98 Å². The van der Waals surface area contributed by atoms with Crippen LogP contribution in [-0.4, -0.2) is 31.4 Å². The molecule has 2 heterocycles. The number of nitrogens with zero attached hydrogens (tertiary/aromatic N) is 2. The third-order valence-corrected chi connectivity index (χ3v) is 6.74. The van der Waals surface area contributed by atoms with Gasteiger partial charge in [-0.3, -0.25) is 0 Å². The van der Waals surface area contributed by atoms with Gasteiger partial charge in [-0.05, 0) is 33.3 Å². The second kappa shape index (κ2) is 5.06. The first kappa shape index (κ1) is 16.0. The molecule has 0 radical (unpaired) electrons. The maximum atomic E-state index is 12.0. The van der Waals surface area contributed by atoms with E-state index in [1.807, 2.05) is 31.2 Å². The fraction of sp³-hybridized carbons (Fsp3) is 0.500. The summed E-state index contributed by atoms with van der Waals surface area (Å²) in [5.41, 5.74) is 0.479. The van der Waals surface area contributed by atoms with Gasteiger partial charge in [0.1, 0.15) is 10.5 Å². The number of benzene rings is 1. The molecule has 0 saturated carbocycles. The largest absolute Gasteiger partial charge is 0.493 e. The van der Waals surface area contributed by atoms with E-state index in [1.165, 1.54) is 6.26 Å². The third kappa shape index (κ3) is 2.43. The Morgan fingerprint density at radius 2 is 1.96 bits per heavy atom. The van der Waals surface area contributed by atoms with E-state index in [9.17, 15) is 8.42 Å². The normalized spacial score (nSPS) is 21.6. The van der Waals surface area contributed by atoms with E-state index in [0.29, 0.717) is 18.9 Å². The van der Waals surface area contributed by atoms with Crippen LogP contribution in [0.3, 0.4) is 0 Å². The minimum Gasteiger partial charge on any atom is -0.493 e. The van der Waals surface area contributed by atoms with E-state index in [2.05, 4.69) is 10.1 Å². The Bertz CT molecular complexity index is 841. The molecule has 1 atom stereocenters. The predicted molar refractivity (Wildman–Crippen MR) is 85.2 cm³/mol. The van der Waals surface area contributed by atoms with Crippen molar-refractivity contribution < 1.29 is 17.7 Å². The summed E-state index contributed by atoms with van der Waals surface area (Å²) in [4.78, 5) is 4.43. The molecule has 23 heavy (non-hydrogen) atoms. The number of para-hydroxylation sites is 1. The van der Waals surface area contributed by atoms with Crippen molar-refractivity contribution in [1.82, 2.24) is 10.1 Å². The molecule has 0 saturated heterocycles. The van der Waals surface area contributed by atoms with Crippen molar-refractivity contribution >= 4 is 9.84 Å². The zero-order chi connectivity index (χ0) is 16.9. The lowest BCUT2D eigenvalue weighted by Crippen LogP contribution is -2.32. The monoisotopic (exact) mass is 336 g/mol. The molecule has 2 aromatic rings. The van der Waals surface area contributed by atoms with Gasteiger partial charge < -0.3 is 9.26 Å². The highest BCUT2D eigenvalue weighted by molar-refractivity contribution is 7.91. The van der Waals surface area contributed by atoms with Crippen molar-refractivity contribution in [2.45, 2.75) is 37.4 Å². The average molecular weight is 336 g/mol. The maximum Gasteiger partial charge on any atom is 0.237 e. The fourth-order valence-electron chi connectivity index (χ4n) is 2.63. The minimum absolute atomic E-state index is 0.181. The zero-order valence-corrected chi connectivity index (χ0v) is 14.5. The molecular formula is C16H20N2O4S. The quantitative estimate of drug-likeness (QED) is 0.856. The molecule has 3 rings (SSSR count). The molecule has 0 aliphatic carbocycles. The molecule has 1 aromatic carbocycles. The van der Waals surface area contributed by atoms with Gasteiger partial charge in [-0.1, -0.05) is 23.4 Å². The highest BCUT2D eigenvalue weighted by atomic mass is 32.2. The molecule has 0 bridgehead atoms. The second-order valence-corrected chi connectivity index (χ2v) is 9.20. The van der Waals surface area contributed by atoms with Gasteiger partial charge in [0.2, 0.25) is 5.89 Å². The van der Waals surface area contributed by atoms with E-state index in [4.69, 9.17) is 9.26 Å². The molecule has 1 aliphatic rings. The van der Waals surface area contributed by atoms with Gasteiger partial charge in [-0.25, -0.2) is 8.42 Å². The van der Waals surface area contributed by atoms with Crippen molar-refractivity contribution in [2.75, 3.05) is 12.9 Å². The average Bonchev–Trinajstić information content (AvgIpc) is 2.98. The van der Waals surface area contributed by atoms with Crippen LogP contribution in [0.25, 0.3) is 0 Å². The van der Waals surface area contributed by atoms with Crippen LogP contribution in [0.5, 0.6) is 5.75 Å². The molecule has 1 aliphatic heterocycles. The van der Waals surface area contributed by atoms with Crippen LogP contribution in [-0.2, 0) is 20.0 Å². The molecular weight excluding hydrogens is 316 g/mol. The Morgan fingerprint density at radius 1 is 1.26 bits per heavy atom. The number of sulfone groups is 1. The SMILES string of the molecule is CC1(c2nc(C(C)(C)S(C)(=O)=O)no2)CCOc2ccccc21. The van der Waals surface area contributed by atoms with E-state index in [1.54, 1.807) is 13.8 Å². The van der Waals surface area contributed by atoms with Crippen LogP contribution in [0.2, 0.25) is 0 Å². The Hall–Kier alpha value is -1.89. The lowest BCUT2D eigenvalue weighted by molar-refractivity contribution is 0.212. The van der Waals surface area contributed by atoms with Crippen LogP contribution >= 0.6 is 0 Å². The van der Waals surface area contributed by atoms with Crippen LogP contribution in [0.1, 0.15) is 44.5 Å². The van der Waals surface area contributed by atoms with Crippen molar-refractivity contribution in [3.8, 4) is 5.75 Å². The topological polar surface area (TPSA) is 82.3 Å². The molecule has 1 aromatic heterocycles. The summed E-state index contributed by atoms with van der Waals surface area (Å²) < 4.78 is 33.9. The van der Waals surface area contributed by atoms with E-state index in [-0.39, 0.29) is 5.82 Å². The van der Waals surface area contributed by atoms with Gasteiger partial charge in [0.15, 0.2) is 15.7 Å². The van der Waals surface area contributed by atoms with Gasteiger partial charge in [0.05, 0.1) is 12.0 Å². The van der Waals surface area contributed by atoms with Crippen LogP contribution in [0.4, 0.5) is 0 Å². The van der Waals surface area contributed by atoms with E-state index >= 15 is 0 Å². The molecule has 6 nitrogen and oxygen atoms in total. The summed E-state index contributed by atoms with van der Waals surface area (Å²) in [5, 5.41) is 3.94.